The third kappa shape index (κ3) is 4.45. The molecule has 6 heteroatoms. The molecule has 2 aromatic rings. The summed E-state index contributed by atoms with van der Waals surface area (Å²) in [5, 5.41) is 5.47. The van der Waals surface area contributed by atoms with Gasteiger partial charge in [0.15, 0.2) is 0 Å². The molecule has 2 unspecified atom stereocenters. The Bertz CT molecular complexity index is 745. The van der Waals surface area contributed by atoms with Crippen molar-refractivity contribution in [3.63, 3.8) is 0 Å². The standard InChI is InChI=1S/C18H16Br2N2O2/c19-12-3-1-11(2-4-12)15-9-16(15)18(24)21-10-17(23)22-14-7-5-13(20)6-8-14/h1-8,15-16H,9-10H2,(H,21,24)(H,22,23). The molecular weight excluding hydrogens is 436 g/mol. The van der Waals surface area contributed by atoms with Gasteiger partial charge in [0.1, 0.15) is 0 Å². The van der Waals surface area contributed by atoms with Gasteiger partial charge in [0.25, 0.3) is 0 Å². The van der Waals surface area contributed by atoms with E-state index in [-0.39, 0.29) is 30.2 Å². The molecule has 124 valence electrons. The molecule has 1 fully saturated rings. The number of carbonyl (C=O) groups is 2. The summed E-state index contributed by atoms with van der Waals surface area (Å²) in [6, 6.07) is 15.3. The topological polar surface area (TPSA) is 58.2 Å². The van der Waals surface area contributed by atoms with Crippen LogP contribution in [0.1, 0.15) is 17.9 Å². The van der Waals surface area contributed by atoms with E-state index in [4.69, 9.17) is 0 Å². The summed E-state index contributed by atoms with van der Waals surface area (Å²) in [6.07, 6.45) is 0.835. The van der Waals surface area contributed by atoms with Crippen molar-refractivity contribution < 1.29 is 9.59 Å². The van der Waals surface area contributed by atoms with Crippen molar-refractivity contribution in [3.05, 3.63) is 63.0 Å². The van der Waals surface area contributed by atoms with E-state index in [9.17, 15) is 9.59 Å². The number of halogens is 2. The first kappa shape index (κ1) is 17.2. The third-order valence-corrected chi connectivity index (χ3v) is 5.03. The Morgan fingerprint density at radius 2 is 1.54 bits per heavy atom. The van der Waals surface area contributed by atoms with Gasteiger partial charge in [-0.15, -0.1) is 0 Å². The molecule has 2 N–H and O–H groups in total. The van der Waals surface area contributed by atoms with Gasteiger partial charge in [-0.05, 0) is 54.3 Å². The molecule has 2 amide bonds. The SMILES string of the molecule is O=C(CNC(=O)C1CC1c1ccc(Br)cc1)Nc1ccc(Br)cc1. The zero-order valence-electron chi connectivity index (χ0n) is 12.8. The first-order chi connectivity index (χ1) is 11.5. The van der Waals surface area contributed by atoms with Crippen LogP contribution in [0.15, 0.2) is 57.5 Å². The largest absolute Gasteiger partial charge is 0.347 e. The second kappa shape index (κ2) is 7.49. The number of rotatable bonds is 5. The fourth-order valence-corrected chi connectivity index (χ4v) is 3.13. The molecule has 4 nitrogen and oxygen atoms in total. The van der Waals surface area contributed by atoms with Crippen molar-refractivity contribution in [2.75, 3.05) is 11.9 Å². The summed E-state index contributed by atoms with van der Waals surface area (Å²) >= 11 is 6.75. The van der Waals surface area contributed by atoms with E-state index in [2.05, 4.69) is 42.5 Å². The maximum atomic E-state index is 12.2. The van der Waals surface area contributed by atoms with Crippen LogP contribution in [0.5, 0.6) is 0 Å². The first-order valence-electron chi connectivity index (χ1n) is 7.61. The minimum Gasteiger partial charge on any atom is -0.347 e. The quantitative estimate of drug-likeness (QED) is 0.719. The van der Waals surface area contributed by atoms with E-state index in [1.54, 1.807) is 12.1 Å². The van der Waals surface area contributed by atoms with Crippen LogP contribution in [-0.2, 0) is 9.59 Å². The second-order valence-corrected chi connectivity index (χ2v) is 7.60. The number of anilines is 1. The van der Waals surface area contributed by atoms with Gasteiger partial charge < -0.3 is 10.6 Å². The summed E-state index contributed by atoms with van der Waals surface area (Å²) in [4.78, 5) is 24.0. The van der Waals surface area contributed by atoms with Crippen LogP contribution in [0.25, 0.3) is 0 Å². The monoisotopic (exact) mass is 450 g/mol. The molecule has 3 rings (SSSR count). The zero-order valence-corrected chi connectivity index (χ0v) is 15.9. The van der Waals surface area contributed by atoms with Gasteiger partial charge in [-0.25, -0.2) is 0 Å². The minimum absolute atomic E-state index is 0.0154. The third-order valence-electron chi connectivity index (χ3n) is 3.98. The van der Waals surface area contributed by atoms with Gasteiger partial charge in [0.2, 0.25) is 11.8 Å². The van der Waals surface area contributed by atoms with E-state index < -0.39 is 0 Å². The van der Waals surface area contributed by atoms with Crippen molar-refractivity contribution in [2.45, 2.75) is 12.3 Å². The van der Waals surface area contributed by atoms with Gasteiger partial charge in [0.05, 0.1) is 6.54 Å². The van der Waals surface area contributed by atoms with Crippen LogP contribution in [-0.4, -0.2) is 18.4 Å². The Hall–Kier alpha value is -1.66. The van der Waals surface area contributed by atoms with E-state index in [1.807, 2.05) is 36.4 Å². The van der Waals surface area contributed by atoms with Gasteiger partial charge in [-0.3, -0.25) is 9.59 Å². The molecule has 1 aliphatic rings. The minimum atomic E-state index is -0.230. The van der Waals surface area contributed by atoms with Crippen LogP contribution in [0.2, 0.25) is 0 Å². The van der Waals surface area contributed by atoms with Crippen molar-refractivity contribution in [3.8, 4) is 0 Å². The molecule has 24 heavy (non-hydrogen) atoms. The van der Waals surface area contributed by atoms with Crippen LogP contribution < -0.4 is 10.6 Å². The summed E-state index contributed by atoms with van der Waals surface area (Å²) in [5.41, 5.74) is 1.87. The van der Waals surface area contributed by atoms with Crippen molar-refractivity contribution in [1.82, 2.24) is 5.32 Å². The van der Waals surface area contributed by atoms with Gasteiger partial charge >= 0.3 is 0 Å². The van der Waals surface area contributed by atoms with E-state index >= 15 is 0 Å². The number of nitrogens with one attached hydrogen (secondary N) is 2. The summed E-state index contributed by atoms with van der Waals surface area (Å²) in [5.74, 6) is -0.0697. The predicted molar refractivity (Wildman–Crippen MR) is 101 cm³/mol. The molecule has 0 bridgehead atoms. The Balaban J connectivity index is 1.45. The van der Waals surface area contributed by atoms with E-state index in [1.165, 1.54) is 0 Å². The fraction of sp³-hybridized carbons (Fsp3) is 0.222. The summed E-state index contributed by atoms with van der Waals surface area (Å²) in [7, 11) is 0. The Kier molecular flexibility index (Phi) is 5.36. The zero-order chi connectivity index (χ0) is 17.1. The lowest BCUT2D eigenvalue weighted by Gasteiger charge is -2.07. The van der Waals surface area contributed by atoms with E-state index in [0.717, 1.165) is 20.9 Å². The number of benzene rings is 2. The van der Waals surface area contributed by atoms with Crippen LogP contribution in [0, 0.1) is 5.92 Å². The van der Waals surface area contributed by atoms with Crippen LogP contribution in [0.4, 0.5) is 5.69 Å². The average molecular weight is 452 g/mol. The van der Waals surface area contributed by atoms with Gasteiger partial charge in [-0.1, -0.05) is 44.0 Å². The van der Waals surface area contributed by atoms with Crippen LogP contribution in [0.3, 0.4) is 0 Å². The lowest BCUT2D eigenvalue weighted by atomic mass is 10.1. The summed E-state index contributed by atoms with van der Waals surface area (Å²) < 4.78 is 1.97. The van der Waals surface area contributed by atoms with Crippen molar-refractivity contribution in [2.24, 2.45) is 5.92 Å². The average Bonchev–Trinajstić information content (AvgIpc) is 3.36. The number of hydrogen-bond acceptors (Lipinski definition) is 2. The predicted octanol–water partition coefficient (Wildman–Crippen LogP) is 4.07. The van der Waals surface area contributed by atoms with E-state index in [0.29, 0.717) is 5.69 Å². The summed E-state index contributed by atoms with van der Waals surface area (Å²) in [6.45, 7) is -0.0154. The molecule has 0 spiro atoms. The second-order valence-electron chi connectivity index (χ2n) is 5.77. The number of hydrogen-bond donors (Lipinski definition) is 2. The lowest BCUT2D eigenvalue weighted by molar-refractivity contribution is -0.125. The molecule has 1 aliphatic carbocycles. The molecule has 2 aromatic carbocycles. The highest BCUT2D eigenvalue weighted by Gasteiger charge is 2.43. The normalized spacial score (nSPS) is 18.8. The molecule has 0 aromatic heterocycles. The Labute approximate surface area is 157 Å². The maximum Gasteiger partial charge on any atom is 0.243 e. The number of amides is 2. The van der Waals surface area contributed by atoms with Gasteiger partial charge in [0, 0.05) is 20.6 Å². The van der Waals surface area contributed by atoms with Crippen LogP contribution >= 0.6 is 31.9 Å². The van der Waals surface area contributed by atoms with Crippen molar-refractivity contribution in [1.29, 1.82) is 0 Å². The molecule has 1 saturated carbocycles. The Morgan fingerprint density at radius 3 is 2.17 bits per heavy atom. The molecule has 0 radical (unpaired) electrons. The highest BCUT2D eigenvalue weighted by molar-refractivity contribution is 9.10. The highest BCUT2D eigenvalue weighted by atomic mass is 79.9. The molecule has 0 heterocycles. The van der Waals surface area contributed by atoms with Gasteiger partial charge in [-0.2, -0.15) is 0 Å². The smallest absolute Gasteiger partial charge is 0.243 e. The molecule has 0 aliphatic heterocycles. The first-order valence-corrected chi connectivity index (χ1v) is 9.20. The Morgan fingerprint density at radius 1 is 0.958 bits per heavy atom. The number of carbonyl (C=O) groups excluding carboxylic acids is 2. The van der Waals surface area contributed by atoms with Crippen molar-refractivity contribution >= 4 is 49.4 Å². The highest BCUT2D eigenvalue weighted by Crippen LogP contribution is 2.47. The molecule has 2 atom stereocenters. The lowest BCUT2D eigenvalue weighted by Crippen LogP contribution is -2.34. The fourth-order valence-electron chi connectivity index (χ4n) is 2.60. The maximum absolute atomic E-state index is 12.2. The molecule has 0 saturated heterocycles. The molecular formula is C18H16Br2N2O2.